The maximum atomic E-state index is 11.7. The van der Waals surface area contributed by atoms with Gasteiger partial charge in [-0.25, -0.2) is 4.98 Å². The fourth-order valence-corrected chi connectivity index (χ4v) is 1.54. The molecule has 100 valence electrons. The maximum absolute atomic E-state index is 11.7. The van der Waals surface area contributed by atoms with Crippen molar-refractivity contribution in [2.24, 2.45) is 5.92 Å². The quantitative estimate of drug-likeness (QED) is 0.844. The second kappa shape index (κ2) is 6.08. The third-order valence-electron chi connectivity index (χ3n) is 2.51. The number of aromatic nitrogens is 4. The molecule has 2 aromatic rings. The van der Waals surface area contributed by atoms with Crippen LogP contribution in [0.1, 0.15) is 19.7 Å². The molecule has 0 aliphatic heterocycles. The Morgan fingerprint density at radius 2 is 2.11 bits per heavy atom. The second-order valence-electron chi connectivity index (χ2n) is 4.72. The van der Waals surface area contributed by atoms with E-state index >= 15 is 0 Å². The van der Waals surface area contributed by atoms with Crippen LogP contribution in [0.2, 0.25) is 0 Å². The predicted octanol–water partition coefficient (Wildman–Crippen LogP) is 1.18. The summed E-state index contributed by atoms with van der Waals surface area (Å²) in [6, 6.07) is 3.65. The number of rotatable bonds is 5. The van der Waals surface area contributed by atoms with Gasteiger partial charge in [0.25, 0.3) is 0 Å². The van der Waals surface area contributed by atoms with E-state index in [1.54, 1.807) is 12.4 Å². The van der Waals surface area contributed by atoms with Crippen molar-refractivity contribution < 1.29 is 4.79 Å². The lowest BCUT2D eigenvalue weighted by Crippen LogP contribution is -2.29. The number of pyridine rings is 1. The lowest BCUT2D eigenvalue weighted by atomic mass is 10.2. The van der Waals surface area contributed by atoms with Crippen LogP contribution in [0, 0.1) is 5.92 Å². The van der Waals surface area contributed by atoms with E-state index in [0.717, 1.165) is 5.56 Å². The van der Waals surface area contributed by atoms with Gasteiger partial charge in [-0.15, -0.1) is 0 Å². The third kappa shape index (κ3) is 3.87. The Morgan fingerprint density at radius 3 is 2.79 bits per heavy atom. The van der Waals surface area contributed by atoms with Crippen molar-refractivity contribution in [3.05, 3.63) is 30.4 Å². The highest BCUT2D eigenvalue weighted by molar-refractivity contribution is 5.77. The van der Waals surface area contributed by atoms with E-state index in [-0.39, 0.29) is 12.3 Å². The first kappa shape index (κ1) is 13.2. The summed E-state index contributed by atoms with van der Waals surface area (Å²) in [5.74, 6) is 1.53. The molecular weight excluding hydrogens is 242 g/mol. The van der Waals surface area contributed by atoms with Crippen molar-refractivity contribution in [2.75, 3.05) is 6.54 Å². The molecule has 2 rings (SSSR count). The summed E-state index contributed by atoms with van der Waals surface area (Å²) in [7, 11) is 0. The Hall–Kier alpha value is -2.24. The minimum atomic E-state index is -0.0499. The first-order chi connectivity index (χ1) is 9.15. The lowest BCUT2D eigenvalue weighted by Gasteiger charge is -2.05. The molecule has 6 heteroatoms. The number of amides is 1. The van der Waals surface area contributed by atoms with Crippen LogP contribution in [0.5, 0.6) is 0 Å². The summed E-state index contributed by atoms with van der Waals surface area (Å²) in [4.78, 5) is 19.9. The average Bonchev–Trinajstić information content (AvgIpc) is 2.86. The zero-order chi connectivity index (χ0) is 13.7. The van der Waals surface area contributed by atoms with Crippen molar-refractivity contribution in [1.82, 2.24) is 25.5 Å². The normalized spacial score (nSPS) is 10.7. The van der Waals surface area contributed by atoms with Crippen LogP contribution in [0.15, 0.2) is 24.5 Å². The Balaban J connectivity index is 1.96. The highest BCUT2D eigenvalue weighted by Gasteiger charge is 2.09. The van der Waals surface area contributed by atoms with Gasteiger partial charge in [-0.3, -0.25) is 14.9 Å². The summed E-state index contributed by atoms with van der Waals surface area (Å²) in [6.07, 6.45) is 3.58. The largest absolute Gasteiger partial charge is 0.355 e. The molecule has 19 heavy (non-hydrogen) atoms. The van der Waals surface area contributed by atoms with Gasteiger partial charge in [0, 0.05) is 24.5 Å². The SMILES string of the molecule is CC(C)CNC(=O)Cc1nc(-c2ccncc2)n[nH]1. The number of carbonyl (C=O) groups excluding carboxylic acids is 1. The minimum absolute atomic E-state index is 0.0499. The van der Waals surface area contributed by atoms with E-state index in [2.05, 4.69) is 39.3 Å². The van der Waals surface area contributed by atoms with E-state index in [4.69, 9.17) is 0 Å². The molecule has 1 amide bonds. The number of H-pyrrole nitrogens is 1. The van der Waals surface area contributed by atoms with Crippen molar-refractivity contribution in [3.63, 3.8) is 0 Å². The molecule has 0 aliphatic carbocycles. The number of nitrogens with zero attached hydrogens (tertiary/aromatic N) is 3. The fraction of sp³-hybridized carbons (Fsp3) is 0.385. The van der Waals surface area contributed by atoms with E-state index < -0.39 is 0 Å². The summed E-state index contributed by atoms with van der Waals surface area (Å²) in [5, 5.41) is 9.71. The fourth-order valence-electron chi connectivity index (χ4n) is 1.54. The van der Waals surface area contributed by atoms with Crippen LogP contribution in [0.3, 0.4) is 0 Å². The molecule has 0 bridgehead atoms. The minimum Gasteiger partial charge on any atom is -0.355 e. The van der Waals surface area contributed by atoms with Gasteiger partial charge < -0.3 is 5.32 Å². The summed E-state index contributed by atoms with van der Waals surface area (Å²) in [5.41, 5.74) is 0.875. The molecule has 6 nitrogen and oxygen atoms in total. The zero-order valence-corrected chi connectivity index (χ0v) is 11.1. The van der Waals surface area contributed by atoms with Crippen molar-refractivity contribution in [1.29, 1.82) is 0 Å². The molecule has 0 aliphatic rings. The van der Waals surface area contributed by atoms with E-state index in [1.807, 2.05) is 12.1 Å². The second-order valence-corrected chi connectivity index (χ2v) is 4.72. The third-order valence-corrected chi connectivity index (χ3v) is 2.51. The number of carbonyl (C=O) groups is 1. The molecule has 0 atom stereocenters. The van der Waals surface area contributed by atoms with Crippen LogP contribution in [0.4, 0.5) is 0 Å². The van der Waals surface area contributed by atoms with Crippen LogP contribution in [0.25, 0.3) is 11.4 Å². The predicted molar refractivity (Wildman–Crippen MR) is 71.2 cm³/mol. The zero-order valence-electron chi connectivity index (χ0n) is 11.1. The van der Waals surface area contributed by atoms with E-state index in [9.17, 15) is 4.79 Å². The molecule has 0 saturated carbocycles. The molecule has 0 radical (unpaired) electrons. The Kier molecular flexibility index (Phi) is 4.22. The van der Waals surface area contributed by atoms with Crippen molar-refractivity contribution >= 4 is 5.91 Å². The molecular formula is C13H17N5O. The molecule has 0 aromatic carbocycles. The molecule has 0 saturated heterocycles. The monoisotopic (exact) mass is 259 g/mol. The van der Waals surface area contributed by atoms with Gasteiger partial charge in [0.15, 0.2) is 5.82 Å². The van der Waals surface area contributed by atoms with Gasteiger partial charge in [0.05, 0.1) is 6.42 Å². The molecule has 2 N–H and O–H groups in total. The van der Waals surface area contributed by atoms with Crippen LogP contribution in [-0.4, -0.2) is 32.6 Å². The van der Waals surface area contributed by atoms with Gasteiger partial charge >= 0.3 is 0 Å². The number of hydrogen-bond donors (Lipinski definition) is 2. The summed E-state index contributed by atoms with van der Waals surface area (Å²) >= 11 is 0. The first-order valence-corrected chi connectivity index (χ1v) is 6.23. The number of nitrogens with one attached hydrogen (secondary N) is 2. The molecule has 0 spiro atoms. The summed E-state index contributed by atoms with van der Waals surface area (Å²) < 4.78 is 0. The van der Waals surface area contributed by atoms with Crippen molar-refractivity contribution in [2.45, 2.75) is 20.3 Å². The number of hydrogen-bond acceptors (Lipinski definition) is 4. The standard InChI is InChI=1S/C13H17N5O/c1-9(2)8-15-12(19)7-11-16-13(18-17-11)10-3-5-14-6-4-10/h3-6,9H,7-8H2,1-2H3,(H,15,19)(H,16,17,18). The van der Waals surface area contributed by atoms with Crippen LogP contribution in [-0.2, 0) is 11.2 Å². The lowest BCUT2D eigenvalue weighted by molar-refractivity contribution is -0.120. The van der Waals surface area contributed by atoms with Gasteiger partial charge in [-0.1, -0.05) is 13.8 Å². The van der Waals surface area contributed by atoms with Gasteiger partial charge in [0.1, 0.15) is 5.82 Å². The average molecular weight is 259 g/mol. The highest BCUT2D eigenvalue weighted by atomic mass is 16.1. The van der Waals surface area contributed by atoms with Gasteiger partial charge in [0.2, 0.25) is 5.91 Å². The topological polar surface area (TPSA) is 83.6 Å². The molecule has 0 fully saturated rings. The number of aromatic amines is 1. The smallest absolute Gasteiger partial charge is 0.227 e. The van der Waals surface area contributed by atoms with Crippen molar-refractivity contribution in [3.8, 4) is 11.4 Å². The summed E-state index contributed by atoms with van der Waals surface area (Å²) in [6.45, 7) is 4.77. The Bertz CT molecular complexity index is 535. The Labute approximate surface area is 111 Å². The van der Waals surface area contributed by atoms with E-state index in [0.29, 0.717) is 24.1 Å². The van der Waals surface area contributed by atoms with Gasteiger partial charge in [-0.05, 0) is 18.1 Å². The molecule has 2 heterocycles. The molecule has 2 aromatic heterocycles. The maximum Gasteiger partial charge on any atom is 0.227 e. The molecule has 0 unspecified atom stereocenters. The highest BCUT2D eigenvalue weighted by Crippen LogP contribution is 2.12. The van der Waals surface area contributed by atoms with Crippen LogP contribution < -0.4 is 5.32 Å². The van der Waals surface area contributed by atoms with Crippen LogP contribution >= 0.6 is 0 Å². The first-order valence-electron chi connectivity index (χ1n) is 6.23. The van der Waals surface area contributed by atoms with Gasteiger partial charge in [-0.2, -0.15) is 5.10 Å². The Morgan fingerprint density at radius 1 is 1.37 bits per heavy atom. The van der Waals surface area contributed by atoms with E-state index in [1.165, 1.54) is 0 Å².